The predicted octanol–water partition coefficient (Wildman–Crippen LogP) is 5.28. The van der Waals surface area contributed by atoms with Crippen LogP contribution in [0.15, 0.2) is 22.7 Å². The molecule has 3 heterocycles. The van der Waals surface area contributed by atoms with Crippen molar-refractivity contribution in [3.63, 3.8) is 0 Å². The topological polar surface area (TPSA) is 134 Å². The van der Waals surface area contributed by atoms with Crippen LogP contribution in [0.25, 0.3) is 11.4 Å². The fourth-order valence-electron chi connectivity index (χ4n) is 5.90. The predicted molar refractivity (Wildman–Crippen MR) is 171 cm³/mol. The van der Waals surface area contributed by atoms with Gasteiger partial charge in [0, 0.05) is 60.5 Å². The third-order valence-electron chi connectivity index (χ3n) is 8.12. The van der Waals surface area contributed by atoms with Gasteiger partial charge >= 0.3 is 6.09 Å². The van der Waals surface area contributed by atoms with Gasteiger partial charge in [-0.3, -0.25) is 0 Å². The largest absolute Gasteiger partial charge is 0.493 e. The first kappa shape index (κ1) is 31.6. The van der Waals surface area contributed by atoms with Crippen LogP contribution in [-0.2, 0) is 16.6 Å². The van der Waals surface area contributed by atoms with E-state index < -0.39 is 11.0 Å². The number of rotatable bonds is 8. The van der Waals surface area contributed by atoms with Gasteiger partial charge < -0.3 is 34.4 Å². The summed E-state index contributed by atoms with van der Waals surface area (Å²) in [4.78, 5) is 24.8. The molecular formula is C32H43N7O4S. The van der Waals surface area contributed by atoms with Crippen molar-refractivity contribution in [2.75, 3.05) is 64.1 Å². The number of benzene rings is 1. The number of ether oxygens (including phenoxy) is 2. The van der Waals surface area contributed by atoms with Crippen LogP contribution in [0.3, 0.4) is 0 Å². The van der Waals surface area contributed by atoms with E-state index in [2.05, 4.69) is 27.9 Å². The number of hydrogen-bond acceptors (Lipinski definition) is 11. The van der Waals surface area contributed by atoms with Gasteiger partial charge in [-0.15, -0.1) is 11.3 Å². The number of nitrogen functional groups attached to an aromatic ring is 1. The number of hydrogen-bond donors (Lipinski definition) is 1. The Labute approximate surface area is 263 Å². The maximum absolute atomic E-state index is 12.6. The average molecular weight is 622 g/mol. The van der Waals surface area contributed by atoms with Crippen molar-refractivity contribution in [2.24, 2.45) is 0 Å². The van der Waals surface area contributed by atoms with Crippen LogP contribution in [-0.4, -0.2) is 85.1 Å². The number of nitrogens with two attached hydrogens (primary N) is 1. The lowest BCUT2D eigenvalue weighted by atomic mass is 9.72. The fraction of sp³-hybridized carbons (Fsp3) is 0.562. The van der Waals surface area contributed by atoms with Gasteiger partial charge in [-0.1, -0.05) is 5.16 Å². The van der Waals surface area contributed by atoms with Crippen LogP contribution in [0.2, 0.25) is 0 Å². The van der Waals surface area contributed by atoms with Gasteiger partial charge in [-0.25, -0.2) is 4.79 Å². The normalized spacial score (nSPS) is 18.7. The average Bonchev–Trinajstić information content (AvgIpc) is 3.60. The number of carbonyl (C=O) groups excluding carboxylic acids is 1. The Morgan fingerprint density at radius 3 is 2.66 bits per heavy atom. The molecule has 2 aromatic heterocycles. The number of fused-ring (bicyclic) bond motifs is 1. The van der Waals surface area contributed by atoms with Crippen LogP contribution in [0, 0.1) is 11.3 Å². The Morgan fingerprint density at radius 2 is 1.98 bits per heavy atom. The molecule has 236 valence electrons. The zero-order valence-corrected chi connectivity index (χ0v) is 27.4. The number of amides is 1. The van der Waals surface area contributed by atoms with Crippen molar-refractivity contribution in [2.45, 2.75) is 64.4 Å². The highest BCUT2D eigenvalue weighted by Gasteiger charge is 2.43. The number of piperazine rings is 1. The molecule has 1 unspecified atom stereocenters. The van der Waals surface area contributed by atoms with Gasteiger partial charge in [0.25, 0.3) is 0 Å². The van der Waals surface area contributed by atoms with Crippen LogP contribution in [0.1, 0.15) is 68.9 Å². The third kappa shape index (κ3) is 6.79. The van der Waals surface area contributed by atoms with E-state index in [1.54, 1.807) is 4.90 Å². The van der Waals surface area contributed by atoms with E-state index in [0.717, 1.165) is 59.7 Å². The smallest absolute Gasteiger partial charge is 0.410 e. The fourth-order valence-corrected chi connectivity index (χ4v) is 7.09. The molecule has 44 heavy (non-hydrogen) atoms. The van der Waals surface area contributed by atoms with E-state index in [9.17, 15) is 10.1 Å². The number of nitrogens with zero attached hydrogens (tertiary/aromatic N) is 6. The molecular weight excluding hydrogens is 578 g/mol. The van der Waals surface area contributed by atoms with Crippen molar-refractivity contribution in [1.29, 1.82) is 5.26 Å². The summed E-state index contributed by atoms with van der Waals surface area (Å²) in [6.07, 6.45) is 3.22. The lowest BCUT2D eigenvalue weighted by molar-refractivity contribution is 0.0240. The van der Waals surface area contributed by atoms with Gasteiger partial charge in [0.1, 0.15) is 22.4 Å². The van der Waals surface area contributed by atoms with E-state index in [-0.39, 0.29) is 6.09 Å². The second-order valence-corrected chi connectivity index (χ2v) is 14.2. The summed E-state index contributed by atoms with van der Waals surface area (Å²) >= 11 is 1.48. The Bertz CT molecular complexity index is 1530. The third-order valence-corrected chi connectivity index (χ3v) is 9.19. The van der Waals surface area contributed by atoms with E-state index in [1.165, 1.54) is 11.3 Å². The molecule has 2 aliphatic rings. The summed E-state index contributed by atoms with van der Waals surface area (Å²) in [5.74, 6) is 1.66. The highest BCUT2D eigenvalue weighted by Crippen LogP contribution is 2.48. The molecule has 11 nitrogen and oxygen atoms in total. The van der Waals surface area contributed by atoms with Crippen molar-refractivity contribution in [1.82, 2.24) is 19.9 Å². The number of anilines is 2. The first-order chi connectivity index (χ1) is 20.9. The zero-order chi connectivity index (χ0) is 31.6. The van der Waals surface area contributed by atoms with Gasteiger partial charge in [-0.05, 0) is 79.6 Å². The summed E-state index contributed by atoms with van der Waals surface area (Å²) in [6.45, 7) is 11.6. The molecule has 1 aromatic carbocycles. The van der Waals surface area contributed by atoms with E-state index in [1.807, 2.05) is 53.1 Å². The minimum Gasteiger partial charge on any atom is -0.493 e. The molecule has 12 heteroatoms. The van der Waals surface area contributed by atoms with Gasteiger partial charge in [0.2, 0.25) is 11.7 Å². The van der Waals surface area contributed by atoms with Crippen LogP contribution in [0.4, 0.5) is 15.5 Å². The zero-order valence-electron chi connectivity index (χ0n) is 26.6. The number of aromatic nitrogens is 2. The molecule has 0 spiro atoms. The molecule has 1 aliphatic heterocycles. The number of nitriles is 1. The quantitative estimate of drug-likeness (QED) is 0.331. The molecule has 1 aliphatic carbocycles. The molecule has 0 bridgehead atoms. The van der Waals surface area contributed by atoms with Crippen molar-refractivity contribution < 1.29 is 18.8 Å². The van der Waals surface area contributed by atoms with Gasteiger partial charge in [0.15, 0.2) is 0 Å². The van der Waals surface area contributed by atoms with Crippen LogP contribution < -0.4 is 15.4 Å². The first-order valence-corrected chi connectivity index (χ1v) is 16.0. The van der Waals surface area contributed by atoms with Crippen molar-refractivity contribution in [3.8, 4) is 23.2 Å². The summed E-state index contributed by atoms with van der Waals surface area (Å²) in [5.41, 5.74) is 8.28. The summed E-state index contributed by atoms with van der Waals surface area (Å²) in [6, 6.07) is 8.33. The number of aryl methyl sites for hydroxylation is 1. The highest BCUT2D eigenvalue weighted by molar-refractivity contribution is 7.16. The highest BCUT2D eigenvalue weighted by atomic mass is 32.1. The van der Waals surface area contributed by atoms with E-state index in [0.29, 0.717) is 55.1 Å². The minimum absolute atomic E-state index is 0.290. The maximum Gasteiger partial charge on any atom is 0.410 e. The Balaban J connectivity index is 1.42. The van der Waals surface area contributed by atoms with Crippen LogP contribution >= 0.6 is 11.3 Å². The SMILES string of the molecule is CN(C)CCCOc1cc(-c2noc(C3(C)CCCc4sc(N)c(C#N)c43)n2)cc(N2CCN(C(=O)OC(C)(C)C)CC2)c1. The molecule has 5 rings (SSSR count). The monoisotopic (exact) mass is 621 g/mol. The second-order valence-electron chi connectivity index (χ2n) is 13.0. The standard InChI is InChI=1S/C32H43N7O4S/c1-31(2,3)42-30(40)39-14-12-38(13-15-39)22-17-21(18-23(19-22)41-16-8-11-37(5)6)28-35-29(43-36-28)32(4)10-7-9-25-26(32)24(20-33)27(34)44-25/h17-19H,7-16,34H2,1-6H3. The van der Waals surface area contributed by atoms with E-state index in [4.69, 9.17) is 24.7 Å². The van der Waals surface area contributed by atoms with Crippen molar-refractivity contribution >= 4 is 28.1 Å². The Kier molecular flexibility index (Phi) is 9.09. The number of carbonyl (C=O) groups is 1. The molecule has 1 atom stereocenters. The lowest BCUT2D eigenvalue weighted by Crippen LogP contribution is -2.50. The summed E-state index contributed by atoms with van der Waals surface area (Å²) < 4.78 is 17.7. The number of thiophene rings is 1. The Hall–Kier alpha value is -3.82. The minimum atomic E-state index is -0.598. The Morgan fingerprint density at radius 1 is 1.23 bits per heavy atom. The summed E-state index contributed by atoms with van der Waals surface area (Å²) in [5, 5.41) is 14.8. The summed E-state index contributed by atoms with van der Waals surface area (Å²) in [7, 11) is 4.09. The molecule has 1 fully saturated rings. The molecule has 1 saturated heterocycles. The lowest BCUT2D eigenvalue weighted by Gasteiger charge is -2.37. The van der Waals surface area contributed by atoms with Crippen LogP contribution in [0.5, 0.6) is 5.75 Å². The molecule has 0 radical (unpaired) electrons. The molecule has 0 saturated carbocycles. The van der Waals surface area contributed by atoms with Gasteiger partial charge in [-0.2, -0.15) is 10.2 Å². The van der Waals surface area contributed by atoms with Gasteiger partial charge in [0.05, 0.1) is 17.6 Å². The molecule has 3 aromatic rings. The molecule has 1 amide bonds. The van der Waals surface area contributed by atoms with E-state index >= 15 is 0 Å². The maximum atomic E-state index is 12.6. The molecule has 2 N–H and O–H groups in total. The first-order valence-electron chi connectivity index (χ1n) is 15.2. The second kappa shape index (κ2) is 12.7. The van der Waals surface area contributed by atoms with Crippen molar-refractivity contribution in [3.05, 3.63) is 40.1 Å².